The first-order valence-corrected chi connectivity index (χ1v) is 3.16. The predicted molar refractivity (Wildman–Crippen MR) is 32.8 cm³/mol. The van der Waals surface area contributed by atoms with Crippen molar-refractivity contribution in [1.29, 1.82) is 0 Å². The molecule has 0 aromatic heterocycles. The first-order valence-electron chi connectivity index (χ1n) is 3.16. The summed E-state index contributed by atoms with van der Waals surface area (Å²) in [6, 6.07) is 0. The molecule has 0 amide bonds. The third-order valence-corrected chi connectivity index (χ3v) is 2.24. The predicted octanol–water partition coefficient (Wildman–Crippen LogP) is 0.0777. The van der Waals surface area contributed by atoms with Crippen LogP contribution in [0.25, 0.3) is 0 Å². The maximum absolute atomic E-state index is 3.41. The fraction of sp³-hybridized carbons (Fsp3) is 1.00. The van der Waals surface area contributed by atoms with E-state index >= 15 is 0 Å². The van der Waals surface area contributed by atoms with E-state index in [-0.39, 0.29) is 5.48 Å². The number of hydrogen-bond donors (Lipinski definition) is 1. The van der Waals surface area contributed by atoms with Crippen LogP contribution in [0.4, 0.5) is 0 Å². The van der Waals surface area contributed by atoms with Crippen LogP contribution in [0.1, 0.15) is 25.7 Å². The summed E-state index contributed by atoms with van der Waals surface area (Å²) in [4.78, 5) is 0. The second kappa shape index (κ2) is 1.71. The molecule has 0 bridgehead atoms. The van der Waals surface area contributed by atoms with Gasteiger partial charge in [-0.1, -0.05) is 12.8 Å². The molecule has 1 saturated heterocycles. The summed E-state index contributed by atoms with van der Waals surface area (Å²) in [6.07, 6.45) is 5.83. The molecule has 2 fully saturated rings. The average Bonchev–Trinajstić information content (AvgIpc) is 2.15. The summed E-state index contributed by atoms with van der Waals surface area (Å²) < 4.78 is 0. The van der Waals surface area contributed by atoms with Crippen LogP contribution in [0, 0.1) is 0 Å². The SMILES string of the molecule is C1CCC2(C1)CN2.O. The molecule has 2 rings (SSSR count). The van der Waals surface area contributed by atoms with E-state index in [0.717, 1.165) is 0 Å². The molecular weight excluding hydrogens is 102 g/mol. The molecule has 0 aromatic rings. The molecule has 0 aromatic carbocycles. The molecule has 1 aliphatic carbocycles. The first-order chi connectivity index (χ1) is 3.41. The molecular formula is C6H13NO. The topological polar surface area (TPSA) is 53.4 Å². The molecule has 1 saturated carbocycles. The fourth-order valence-electron chi connectivity index (χ4n) is 1.53. The highest BCUT2D eigenvalue weighted by molar-refractivity contribution is 5.06. The van der Waals surface area contributed by atoms with Crippen LogP contribution in [0.2, 0.25) is 0 Å². The van der Waals surface area contributed by atoms with Crippen molar-refractivity contribution >= 4 is 0 Å². The Balaban J connectivity index is 0.000000320. The quantitative estimate of drug-likeness (QED) is 0.446. The minimum Gasteiger partial charge on any atom is -0.412 e. The van der Waals surface area contributed by atoms with Crippen molar-refractivity contribution in [2.75, 3.05) is 6.54 Å². The van der Waals surface area contributed by atoms with Gasteiger partial charge in [-0.05, 0) is 12.8 Å². The monoisotopic (exact) mass is 115 g/mol. The number of nitrogens with one attached hydrogen (secondary N) is 1. The van der Waals surface area contributed by atoms with E-state index in [2.05, 4.69) is 5.32 Å². The summed E-state index contributed by atoms with van der Waals surface area (Å²) in [5.74, 6) is 0. The highest BCUT2D eigenvalue weighted by atomic mass is 16.0. The van der Waals surface area contributed by atoms with Crippen molar-refractivity contribution in [2.45, 2.75) is 31.2 Å². The molecule has 2 nitrogen and oxygen atoms in total. The van der Waals surface area contributed by atoms with Gasteiger partial charge in [0, 0.05) is 12.1 Å². The van der Waals surface area contributed by atoms with E-state index in [4.69, 9.17) is 0 Å². The Bertz CT molecular complexity index is 80.5. The van der Waals surface area contributed by atoms with Gasteiger partial charge in [0.25, 0.3) is 0 Å². The molecule has 1 heterocycles. The summed E-state index contributed by atoms with van der Waals surface area (Å²) >= 11 is 0. The Morgan fingerprint density at radius 2 is 1.62 bits per heavy atom. The maximum Gasteiger partial charge on any atom is 0.0307 e. The minimum atomic E-state index is 0. The first kappa shape index (κ1) is 6.05. The van der Waals surface area contributed by atoms with Gasteiger partial charge in [0.05, 0.1) is 0 Å². The molecule has 0 unspecified atom stereocenters. The van der Waals surface area contributed by atoms with Gasteiger partial charge in [0.15, 0.2) is 0 Å². The molecule has 8 heavy (non-hydrogen) atoms. The van der Waals surface area contributed by atoms with Crippen LogP contribution < -0.4 is 5.32 Å². The fourth-order valence-corrected chi connectivity index (χ4v) is 1.53. The molecule has 1 aliphatic heterocycles. The zero-order valence-corrected chi connectivity index (χ0v) is 5.04. The number of rotatable bonds is 0. The highest BCUT2D eigenvalue weighted by Gasteiger charge is 2.43. The van der Waals surface area contributed by atoms with Gasteiger partial charge in [-0.3, -0.25) is 0 Å². The molecule has 0 radical (unpaired) electrons. The van der Waals surface area contributed by atoms with E-state index in [0.29, 0.717) is 5.54 Å². The van der Waals surface area contributed by atoms with Gasteiger partial charge in [-0.25, -0.2) is 0 Å². The van der Waals surface area contributed by atoms with E-state index in [1.807, 2.05) is 0 Å². The van der Waals surface area contributed by atoms with Gasteiger partial charge < -0.3 is 10.8 Å². The third kappa shape index (κ3) is 0.740. The minimum absolute atomic E-state index is 0. The Hall–Kier alpha value is -0.0800. The Morgan fingerprint density at radius 1 is 1.12 bits per heavy atom. The van der Waals surface area contributed by atoms with Gasteiger partial charge >= 0.3 is 0 Å². The van der Waals surface area contributed by atoms with Crippen LogP contribution in [0.3, 0.4) is 0 Å². The van der Waals surface area contributed by atoms with Crippen LogP contribution in [-0.2, 0) is 0 Å². The van der Waals surface area contributed by atoms with Crippen LogP contribution >= 0.6 is 0 Å². The summed E-state index contributed by atoms with van der Waals surface area (Å²) in [6.45, 7) is 1.31. The molecule has 1 spiro atoms. The van der Waals surface area contributed by atoms with Gasteiger partial charge in [-0.2, -0.15) is 0 Å². The second-order valence-electron chi connectivity index (χ2n) is 2.84. The lowest BCUT2D eigenvalue weighted by atomic mass is 10.1. The van der Waals surface area contributed by atoms with Gasteiger partial charge in [0.1, 0.15) is 0 Å². The van der Waals surface area contributed by atoms with Crippen molar-refractivity contribution in [3.8, 4) is 0 Å². The number of hydrogen-bond acceptors (Lipinski definition) is 1. The molecule has 3 N–H and O–H groups in total. The summed E-state index contributed by atoms with van der Waals surface area (Å²) in [7, 11) is 0. The van der Waals surface area contributed by atoms with Gasteiger partial charge in [0.2, 0.25) is 0 Å². The normalized spacial score (nSPS) is 30.0. The van der Waals surface area contributed by atoms with Crippen LogP contribution in [-0.4, -0.2) is 17.6 Å². The molecule has 2 heteroatoms. The van der Waals surface area contributed by atoms with Crippen molar-refractivity contribution in [3.63, 3.8) is 0 Å². The largest absolute Gasteiger partial charge is 0.412 e. The smallest absolute Gasteiger partial charge is 0.0307 e. The zero-order valence-electron chi connectivity index (χ0n) is 5.04. The Labute approximate surface area is 49.6 Å². The van der Waals surface area contributed by atoms with E-state index in [9.17, 15) is 0 Å². The summed E-state index contributed by atoms with van der Waals surface area (Å²) in [5, 5.41) is 3.41. The lowest BCUT2D eigenvalue weighted by molar-refractivity contribution is 0.656. The molecule has 0 atom stereocenters. The van der Waals surface area contributed by atoms with E-state index in [1.54, 1.807) is 0 Å². The zero-order chi connectivity index (χ0) is 4.74. The second-order valence-corrected chi connectivity index (χ2v) is 2.84. The van der Waals surface area contributed by atoms with Crippen LogP contribution in [0.5, 0.6) is 0 Å². The Kier molecular flexibility index (Phi) is 1.29. The van der Waals surface area contributed by atoms with Crippen molar-refractivity contribution < 1.29 is 5.48 Å². The van der Waals surface area contributed by atoms with Gasteiger partial charge in [-0.15, -0.1) is 0 Å². The lowest BCUT2D eigenvalue weighted by Gasteiger charge is -1.96. The standard InChI is InChI=1S/C6H11N.H2O/c1-2-4-6(3-1)5-7-6;/h7H,1-5H2;1H2. The molecule has 2 aliphatic rings. The van der Waals surface area contributed by atoms with Crippen molar-refractivity contribution in [2.24, 2.45) is 0 Å². The molecule has 48 valence electrons. The lowest BCUT2D eigenvalue weighted by Crippen LogP contribution is -2.06. The summed E-state index contributed by atoms with van der Waals surface area (Å²) in [5.41, 5.74) is 0.694. The van der Waals surface area contributed by atoms with E-state index in [1.165, 1.54) is 32.2 Å². The third-order valence-electron chi connectivity index (χ3n) is 2.24. The van der Waals surface area contributed by atoms with Crippen molar-refractivity contribution in [1.82, 2.24) is 5.32 Å². The van der Waals surface area contributed by atoms with Crippen molar-refractivity contribution in [3.05, 3.63) is 0 Å². The maximum atomic E-state index is 3.41. The highest BCUT2D eigenvalue weighted by Crippen LogP contribution is 2.36. The Morgan fingerprint density at radius 3 is 1.88 bits per heavy atom. The van der Waals surface area contributed by atoms with E-state index < -0.39 is 0 Å². The van der Waals surface area contributed by atoms with Crippen LogP contribution in [0.15, 0.2) is 0 Å². The average molecular weight is 115 g/mol.